The lowest BCUT2D eigenvalue weighted by Crippen LogP contribution is -1.94. The van der Waals surface area contributed by atoms with Gasteiger partial charge in [-0.2, -0.15) is 0 Å². The van der Waals surface area contributed by atoms with Gasteiger partial charge in [0.2, 0.25) is 0 Å². The molecule has 0 amide bonds. The highest BCUT2D eigenvalue weighted by Crippen LogP contribution is 2.21. The largest absolute Gasteiger partial charge is 0.310 e. The summed E-state index contributed by atoms with van der Waals surface area (Å²) in [6, 6.07) is 6.23. The summed E-state index contributed by atoms with van der Waals surface area (Å²) in [6.07, 6.45) is 1.71. The normalized spacial score (nSPS) is 11.1. The molecule has 0 saturated carbocycles. The van der Waals surface area contributed by atoms with E-state index in [4.69, 9.17) is 0 Å². The summed E-state index contributed by atoms with van der Waals surface area (Å²) < 4.78 is 14.8. The fourth-order valence-corrected chi connectivity index (χ4v) is 1.90. The predicted octanol–water partition coefficient (Wildman–Crippen LogP) is 2.48. The number of rotatable bonds is 1. The van der Waals surface area contributed by atoms with Crippen LogP contribution in [-0.4, -0.2) is 19.5 Å². The van der Waals surface area contributed by atoms with Gasteiger partial charge >= 0.3 is 0 Å². The van der Waals surface area contributed by atoms with E-state index < -0.39 is 0 Å². The molecule has 0 N–H and O–H groups in total. The summed E-state index contributed by atoms with van der Waals surface area (Å²) in [5, 5.41) is 0. The number of halogens is 1. The van der Waals surface area contributed by atoms with Gasteiger partial charge in [0, 0.05) is 12.6 Å². The first-order chi connectivity index (χ1) is 8.65. The molecule has 0 aliphatic rings. The van der Waals surface area contributed by atoms with Gasteiger partial charge in [-0.05, 0) is 31.2 Å². The first-order valence-electron chi connectivity index (χ1n) is 5.57. The molecule has 1 aromatic carbocycles. The number of nitrogens with zero attached hydrogens (tertiary/aromatic N) is 4. The van der Waals surface area contributed by atoms with Gasteiger partial charge in [0.25, 0.3) is 0 Å². The molecule has 4 nitrogen and oxygen atoms in total. The zero-order valence-electron chi connectivity index (χ0n) is 10.1. The minimum Gasteiger partial charge on any atom is -0.310 e. The van der Waals surface area contributed by atoms with Crippen LogP contribution in [0.25, 0.3) is 22.7 Å². The van der Waals surface area contributed by atoms with Crippen molar-refractivity contribution in [3.63, 3.8) is 0 Å². The van der Waals surface area contributed by atoms with Crippen LogP contribution in [0.4, 0.5) is 4.39 Å². The van der Waals surface area contributed by atoms with E-state index in [0.29, 0.717) is 5.65 Å². The molecule has 0 bridgehead atoms. The first-order valence-corrected chi connectivity index (χ1v) is 5.57. The highest BCUT2D eigenvalue weighted by Gasteiger charge is 2.11. The van der Waals surface area contributed by atoms with Crippen molar-refractivity contribution in [2.45, 2.75) is 6.92 Å². The second-order valence-corrected chi connectivity index (χ2v) is 4.16. The van der Waals surface area contributed by atoms with Gasteiger partial charge in [-0.25, -0.2) is 19.3 Å². The molecule has 0 fully saturated rings. The van der Waals surface area contributed by atoms with E-state index in [1.54, 1.807) is 18.3 Å². The van der Waals surface area contributed by atoms with Crippen LogP contribution in [-0.2, 0) is 7.05 Å². The van der Waals surface area contributed by atoms with Gasteiger partial charge in [-0.1, -0.05) is 0 Å². The second kappa shape index (κ2) is 3.87. The van der Waals surface area contributed by atoms with Gasteiger partial charge in [0.15, 0.2) is 11.3 Å². The van der Waals surface area contributed by atoms with Crippen LogP contribution in [0.15, 0.2) is 30.5 Å². The highest BCUT2D eigenvalue weighted by molar-refractivity contribution is 5.73. The van der Waals surface area contributed by atoms with Crippen molar-refractivity contribution in [3.8, 4) is 11.4 Å². The third kappa shape index (κ3) is 1.64. The molecule has 0 radical (unpaired) electrons. The average Bonchev–Trinajstić information content (AvgIpc) is 2.67. The number of hydrogen-bond donors (Lipinski definition) is 0. The third-order valence-corrected chi connectivity index (χ3v) is 2.81. The van der Waals surface area contributed by atoms with Crippen LogP contribution in [0.3, 0.4) is 0 Å². The van der Waals surface area contributed by atoms with Gasteiger partial charge in [-0.15, -0.1) is 0 Å². The summed E-state index contributed by atoms with van der Waals surface area (Å²) in [5.41, 5.74) is 3.00. The van der Waals surface area contributed by atoms with Crippen LogP contribution in [0.5, 0.6) is 0 Å². The molecule has 3 aromatic rings. The molecule has 3 rings (SSSR count). The Hall–Kier alpha value is -2.30. The summed E-state index contributed by atoms with van der Waals surface area (Å²) >= 11 is 0. The third-order valence-electron chi connectivity index (χ3n) is 2.81. The Labute approximate surface area is 103 Å². The Morgan fingerprint density at radius 1 is 1.11 bits per heavy atom. The molecule has 0 atom stereocenters. The number of aryl methyl sites for hydroxylation is 2. The van der Waals surface area contributed by atoms with E-state index in [9.17, 15) is 4.39 Å². The van der Waals surface area contributed by atoms with Gasteiger partial charge < -0.3 is 4.57 Å². The van der Waals surface area contributed by atoms with Crippen LogP contribution in [0.1, 0.15) is 5.69 Å². The lowest BCUT2D eigenvalue weighted by molar-refractivity contribution is 0.628. The number of imidazole rings is 1. The number of hydrogen-bond acceptors (Lipinski definition) is 3. The van der Waals surface area contributed by atoms with Crippen molar-refractivity contribution >= 4 is 11.3 Å². The molecule has 5 heteroatoms. The number of benzene rings is 1. The molecule has 0 saturated heterocycles. The number of aromatic nitrogens is 4. The van der Waals surface area contributed by atoms with Crippen molar-refractivity contribution in [2.75, 3.05) is 0 Å². The Morgan fingerprint density at radius 2 is 1.83 bits per heavy atom. The summed E-state index contributed by atoms with van der Waals surface area (Å²) in [4.78, 5) is 13.1. The first kappa shape index (κ1) is 10.8. The standard InChI is InChI=1S/C13H11FN4/c1-8-7-15-13-11(16-8)17-12(18(13)2)9-3-5-10(14)6-4-9/h3-7H,1-2H3. The molecular formula is C13H11FN4. The molecule has 18 heavy (non-hydrogen) atoms. The maximum Gasteiger partial charge on any atom is 0.198 e. The lowest BCUT2D eigenvalue weighted by atomic mass is 10.2. The Bertz CT molecular complexity index is 716. The molecule has 90 valence electrons. The monoisotopic (exact) mass is 242 g/mol. The van der Waals surface area contributed by atoms with Gasteiger partial charge in [-0.3, -0.25) is 0 Å². The fourth-order valence-electron chi connectivity index (χ4n) is 1.90. The van der Waals surface area contributed by atoms with E-state index in [1.807, 2.05) is 18.5 Å². The van der Waals surface area contributed by atoms with Crippen molar-refractivity contribution in [3.05, 3.63) is 42.0 Å². The highest BCUT2D eigenvalue weighted by atomic mass is 19.1. The molecule has 0 spiro atoms. The van der Waals surface area contributed by atoms with E-state index in [2.05, 4.69) is 15.0 Å². The Kier molecular flexibility index (Phi) is 2.33. The fraction of sp³-hybridized carbons (Fsp3) is 0.154. The molecule has 2 aromatic heterocycles. The van der Waals surface area contributed by atoms with Crippen LogP contribution >= 0.6 is 0 Å². The van der Waals surface area contributed by atoms with Crippen molar-refractivity contribution in [1.29, 1.82) is 0 Å². The minimum atomic E-state index is -0.260. The van der Waals surface area contributed by atoms with Crippen LogP contribution in [0, 0.1) is 12.7 Å². The van der Waals surface area contributed by atoms with Crippen LogP contribution < -0.4 is 0 Å². The maximum absolute atomic E-state index is 12.9. The Morgan fingerprint density at radius 3 is 2.56 bits per heavy atom. The predicted molar refractivity (Wildman–Crippen MR) is 66.4 cm³/mol. The molecule has 2 heterocycles. The molecule has 0 aliphatic heterocycles. The van der Waals surface area contributed by atoms with E-state index >= 15 is 0 Å². The zero-order valence-corrected chi connectivity index (χ0v) is 10.1. The lowest BCUT2D eigenvalue weighted by Gasteiger charge is -2.01. The quantitative estimate of drug-likeness (QED) is 0.658. The average molecular weight is 242 g/mol. The van der Waals surface area contributed by atoms with Gasteiger partial charge in [0.1, 0.15) is 11.6 Å². The molecule has 0 unspecified atom stereocenters. The molecular weight excluding hydrogens is 231 g/mol. The minimum absolute atomic E-state index is 0.260. The SMILES string of the molecule is Cc1cnc2c(n1)nc(-c1ccc(F)cc1)n2C. The van der Waals surface area contributed by atoms with Crippen molar-refractivity contribution in [2.24, 2.45) is 7.05 Å². The Balaban J connectivity index is 2.23. The second-order valence-electron chi connectivity index (χ2n) is 4.16. The summed E-state index contributed by atoms with van der Waals surface area (Å²) in [7, 11) is 1.87. The number of fused-ring (bicyclic) bond motifs is 1. The van der Waals surface area contributed by atoms with Crippen molar-refractivity contribution in [1.82, 2.24) is 19.5 Å². The smallest absolute Gasteiger partial charge is 0.198 e. The van der Waals surface area contributed by atoms with E-state index in [0.717, 1.165) is 22.7 Å². The molecule has 0 aliphatic carbocycles. The van der Waals surface area contributed by atoms with E-state index in [1.165, 1.54) is 12.1 Å². The van der Waals surface area contributed by atoms with Crippen LogP contribution in [0.2, 0.25) is 0 Å². The van der Waals surface area contributed by atoms with Crippen molar-refractivity contribution < 1.29 is 4.39 Å². The van der Waals surface area contributed by atoms with E-state index in [-0.39, 0.29) is 5.82 Å². The maximum atomic E-state index is 12.9. The topological polar surface area (TPSA) is 43.6 Å². The summed E-state index contributed by atoms with van der Waals surface area (Å²) in [5.74, 6) is 0.472. The van der Waals surface area contributed by atoms with Gasteiger partial charge in [0.05, 0.1) is 11.9 Å². The summed E-state index contributed by atoms with van der Waals surface area (Å²) in [6.45, 7) is 1.87. The zero-order chi connectivity index (χ0) is 12.7.